The zero-order chi connectivity index (χ0) is 64.0. The molecule has 2 aromatic rings. The molecule has 0 saturated carbocycles. The SMILES string of the molecule is C=CC1=C(C)C2=NC1Cc1[nH]c(c(CCC(=O)N[C@@H](CCCN=C(N)N)C(=O)CCC(=O)N[C@@H](CC(=O)O)C(=O)C[C@@H](CCCN=C(C)N)C(=O)O)c1C)C=c1[nH]c(c(C)c1CCC(=O)OC)=CC1=NC(=C2)C2=CC=C(C(=O)OC)C(C(=O)OC)[C@]21C. The molecule has 5 heterocycles. The predicted molar refractivity (Wildman–Crippen MR) is 325 cm³/mol. The van der Waals surface area contributed by atoms with Gasteiger partial charge in [0.25, 0.3) is 0 Å². The number of carboxylic acid groups (broad SMARTS) is 2. The molecule has 2 amide bonds. The number of aromatic amines is 2. The van der Waals surface area contributed by atoms with Gasteiger partial charge in [-0.1, -0.05) is 24.8 Å². The Balaban J connectivity index is 1.34. The number of carbonyl (C=O) groups excluding carboxylic acids is 7. The van der Waals surface area contributed by atoms with Crippen LogP contribution < -0.4 is 38.5 Å². The van der Waals surface area contributed by atoms with Gasteiger partial charge in [0.15, 0.2) is 17.5 Å². The minimum Gasteiger partial charge on any atom is -0.481 e. The number of H-pyrrole nitrogens is 2. The number of carboxylic acids is 2. The summed E-state index contributed by atoms with van der Waals surface area (Å²) in [5.41, 5.74) is 23.9. The van der Waals surface area contributed by atoms with Crippen LogP contribution in [-0.4, -0.2) is 149 Å². The first-order valence-electron chi connectivity index (χ1n) is 28.7. The van der Waals surface area contributed by atoms with Crippen LogP contribution in [0.15, 0.2) is 78.8 Å². The molecule has 4 aliphatic rings. The third-order valence-electron chi connectivity index (χ3n) is 16.3. The molecule has 12 N–H and O–H groups in total. The number of aliphatic imine (C=N–C) groups is 4. The number of nitrogens with two attached hydrogens (primary N) is 3. The van der Waals surface area contributed by atoms with E-state index in [2.05, 4.69) is 37.2 Å². The second kappa shape index (κ2) is 29.7. The molecule has 6 rings (SSSR count). The van der Waals surface area contributed by atoms with Crippen LogP contribution in [0, 0.1) is 31.1 Å². The molecule has 8 bridgehead atoms. The van der Waals surface area contributed by atoms with Crippen molar-refractivity contribution in [1.29, 1.82) is 0 Å². The van der Waals surface area contributed by atoms with Crippen LogP contribution >= 0.6 is 0 Å². The number of guanidine groups is 1. The van der Waals surface area contributed by atoms with Crippen LogP contribution in [0.3, 0.4) is 0 Å². The van der Waals surface area contributed by atoms with E-state index >= 15 is 0 Å². The Labute approximate surface area is 503 Å². The summed E-state index contributed by atoms with van der Waals surface area (Å²) in [4.78, 5) is 144. The fraction of sp³-hybridized carbons (Fsp3) is 0.468. The molecule has 0 radical (unpaired) electrons. The smallest absolute Gasteiger partial charge is 0.334 e. The number of ketones is 2. The number of amides is 2. The Kier molecular flexibility index (Phi) is 22.8. The van der Waals surface area contributed by atoms with E-state index in [1.54, 1.807) is 25.2 Å². The Morgan fingerprint density at radius 3 is 2.11 bits per heavy atom. The molecule has 25 heteroatoms. The molecular formula is C62H79N11O14. The molecule has 2 unspecified atom stereocenters. The molecular weight excluding hydrogens is 1120 g/mol. The fourth-order valence-electron chi connectivity index (χ4n) is 11.5. The van der Waals surface area contributed by atoms with E-state index in [1.165, 1.54) is 21.3 Å². The lowest BCUT2D eigenvalue weighted by Crippen LogP contribution is -2.44. The summed E-state index contributed by atoms with van der Waals surface area (Å²) >= 11 is 0. The highest BCUT2D eigenvalue weighted by Crippen LogP contribution is 2.52. The fourth-order valence-corrected chi connectivity index (χ4v) is 11.5. The van der Waals surface area contributed by atoms with Crippen LogP contribution in [-0.2, 0) is 76.6 Å². The van der Waals surface area contributed by atoms with Gasteiger partial charge in [0.1, 0.15) is 5.92 Å². The molecule has 0 aromatic carbocycles. The molecule has 3 aliphatic heterocycles. The highest BCUT2D eigenvalue weighted by atomic mass is 16.5. The van der Waals surface area contributed by atoms with Gasteiger partial charge < -0.3 is 62.2 Å². The number of Topliss-reactive ketones (excluding diaryl/α,β-unsaturated/α-hetero) is 2. The number of fused-ring (bicyclic) bond motifs is 9. The van der Waals surface area contributed by atoms with Gasteiger partial charge in [-0.15, -0.1) is 0 Å². The van der Waals surface area contributed by atoms with E-state index in [9.17, 15) is 53.4 Å². The molecule has 0 spiro atoms. The third-order valence-corrected chi connectivity index (χ3v) is 16.3. The molecule has 25 nitrogen and oxygen atoms in total. The molecule has 6 atom stereocenters. The molecule has 0 saturated heterocycles. The number of esters is 3. The maximum atomic E-state index is 14.2. The van der Waals surface area contributed by atoms with Crippen molar-refractivity contribution in [2.45, 2.75) is 136 Å². The van der Waals surface area contributed by atoms with Gasteiger partial charge >= 0.3 is 29.8 Å². The lowest BCUT2D eigenvalue weighted by Gasteiger charge is -2.37. The number of methoxy groups -OCH3 is 3. The van der Waals surface area contributed by atoms with E-state index in [-0.39, 0.29) is 76.0 Å². The number of aromatic nitrogens is 2. The van der Waals surface area contributed by atoms with Crippen molar-refractivity contribution in [3.05, 3.63) is 103 Å². The Bertz CT molecular complexity index is 3510. The number of aliphatic carboxylic acids is 2. The van der Waals surface area contributed by atoms with Crippen molar-refractivity contribution in [2.24, 2.45) is 54.4 Å². The third kappa shape index (κ3) is 16.2. The molecule has 1 aliphatic carbocycles. The number of allylic oxidation sites excluding steroid dienone is 5. The number of carbonyl (C=O) groups is 9. The Hall–Kier alpha value is -9.29. The lowest BCUT2D eigenvalue weighted by molar-refractivity contribution is -0.149. The van der Waals surface area contributed by atoms with Crippen LogP contribution in [0.5, 0.6) is 0 Å². The molecule has 2 aromatic heterocycles. The van der Waals surface area contributed by atoms with Crippen molar-refractivity contribution in [3.63, 3.8) is 0 Å². The van der Waals surface area contributed by atoms with E-state index < -0.39 is 114 Å². The highest BCUT2D eigenvalue weighted by molar-refractivity contribution is 6.22. The summed E-state index contributed by atoms with van der Waals surface area (Å²) in [7, 11) is 3.79. The van der Waals surface area contributed by atoms with Gasteiger partial charge in [-0.25, -0.2) is 4.79 Å². The highest BCUT2D eigenvalue weighted by Gasteiger charge is 2.55. The first-order valence-corrected chi connectivity index (χ1v) is 28.7. The minimum atomic E-state index is -1.58. The predicted octanol–water partition coefficient (Wildman–Crippen LogP) is 2.33. The van der Waals surface area contributed by atoms with Gasteiger partial charge in [0.05, 0.1) is 85.7 Å². The first kappa shape index (κ1) is 66.8. The number of ether oxygens (including phenoxy) is 3. The number of nitrogens with one attached hydrogen (secondary N) is 4. The zero-order valence-corrected chi connectivity index (χ0v) is 50.5. The Morgan fingerprint density at radius 2 is 1.47 bits per heavy atom. The van der Waals surface area contributed by atoms with Crippen molar-refractivity contribution in [1.82, 2.24) is 20.6 Å². The summed E-state index contributed by atoms with van der Waals surface area (Å²) in [5.74, 6) is -9.49. The van der Waals surface area contributed by atoms with Crippen LogP contribution in [0.2, 0.25) is 0 Å². The summed E-state index contributed by atoms with van der Waals surface area (Å²) in [6.07, 6.45) is 9.66. The standard InChI is InChI=1S/C62H79N11O14/c1-10-36-31(2)43-27-48-40-18-15-39(59(83)86-8)57(60(84)87-9)62(40,6)52(71-48)29-44-33(4)38(17-22-56(80)85-7)47(70-44)28-46-37(32(3)42(69-46)26-45(36)68-43)16-20-53(76)72-41(14-12-24-67-61(64)65)50(74)19-21-54(77)73-49(30-55(78)79)51(75)25-35(58(81)82)13-11-23-66-34(5)63/h10,15,18,27-29,35,41,45,49,57,69-70H,1,11-14,16-17,19-26,30H2,2-9H3,(H2,63,66)(H,72,76)(H,73,77)(H,78,79)(H,81,82)(H4,64,65,67)/t35-,41+,45?,49+,57?,62-/m1/s1. The minimum absolute atomic E-state index is 0.0229. The van der Waals surface area contributed by atoms with E-state index in [1.807, 2.05) is 45.9 Å². The van der Waals surface area contributed by atoms with E-state index in [4.69, 9.17) is 41.4 Å². The van der Waals surface area contributed by atoms with Gasteiger partial charge in [0.2, 0.25) is 11.8 Å². The van der Waals surface area contributed by atoms with Crippen LogP contribution in [0.1, 0.15) is 119 Å². The zero-order valence-electron chi connectivity index (χ0n) is 50.5. The monoisotopic (exact) mass is 1200 g/mol. The van der Waals surface area contributed by atoms with Gasteiger partial charge in [-0.05, 0) is 130 Å². The van der Waals surface area contributed by atoms with E-state index in [0.29, 0.717) is 51.3 Å². The number of nitrogens with zero attached hydrogens (tertiary/aromatic N) is 4. The van der Waals surface area contributed by atoms with Gasteiger partial charge in [-0.3, -0.25) is 58.3 Å². The maximum absolute atomic E-state index is 14.2. The topological polar surface area (TPSA) is 405 Å². The van der Waals surface area contributed by atoms with Gasteiger partial charge in [-0.2, -0.15) is 0 Å². The van der Waals surface area contributed by atoms with Crippen molar-refractivity contribution < 1.29 is 67.6 Å². The average molecular weight is 1200 g/mol. The van der Waals surface area contributed by atoms with Crippen LogP contribution in [0.4, 0.5) is 0 Å². The molecule has 0 fully saturated rings. The second-order valence-corrected chi connectivity index (χ2v) is 22.1. The average Bonchev–Trinajstić information content (AvgIpc) is 1.65. The summed E-state index contributed by atoms with van der Waals surface area (Å²) in [5, 5.41) is 25.8. The molecule has 87 heavy (non-hydrogen) atoms. The number of amidine groups is 1. The summed E-state index contributed by atoms with van der Waals surface area (Å²) < 4.78 is 15.6. The van der Waals surface area contributed by atoms with E-state index in [0.717, 1.165) is 39.1 Å². The number of rotatable bonds is 29. The normalized spacial score (nSPS) is 18.7. The molecule has 466 valence electrons. The van der Waals surface area contributed by atoms with Crippen molar-refractivity contribution in [2.75, 3.05) is 34.4 Å². The lowest BCUT2D eigenvalue weighted by atomic mass is 9.63. The number of hydrogen-bond acceptors (Lipinski definition) is 16. The Morgan fingerprint density at radius 1 is 0.793 bits per heavy atom. The summed E-state index contributed by atoms with van der Waals surface area (Å²) in [6.45, 7) is 13.7. The number of hydrogen-bond donors (Lipinski definition) is 9. The second-order valence-electron chi connectivity index (χ2n) is 22.1. The van der Waals surface area contributed by atoms with Gasteiger partial charge in [0, 0.05) is 73.7 Å². The largest absolute Gasteiger partial charge is 0.481 e. The quantitative estimate of drug-likeness (QED) is 0.0185. The van der Waals surface area contributed by atoms with Crippen LogP contribution in [0.25, 0.3) is 12.2 Å². The first-order chi connectivity index (χ1) is 41.3. The maximum Gasteiger partial charge on any atom is 0.334 e. The van der Waals surface area contributed by atoms with Crippen molar-refractivity contribution >= 4 is 88.6 Å². The van der Waals surface area contributed by atoms with Crippen molar-refractivity contribution in [3.8, 4) is 0 Å². The summed E-state index contributed by atoms with van der Waals surface area (Å²) in [6, 6.07) is -3.14.